The van der Waals surface area contributed by atoms with Gasteiger partial charge in [0.05, 0.1) is 6.04 Å². The Kier molecular flexibility index (Phi) is 7.71. The number of carbonyl (C=O) groups excluding carboxylic acids is 1. The molecule has 26 heavy (non-hydrogen) atoms. The molecular weight excluding hydrogens is 322 g/mol. The molecule has 0 bridgehead atoms. The van der Waals surface area contributed by atoms with Crippen molar-refractivity contribution >= 4 is 11.5 Å². The van der Waals surface area contributed by atoms with Gasteiger partial charge in [-0.3, -0.25) is 4.79 Å². The average Bonchev–Trinajstić information content (AvgIpc) is 2.64. The minimum Gasteiger partial charge on any atom is -0.508 e. The molecule has 0 amide bonds. The summed E-state index contributed by atoms with van der Waals surface area (Å²) in [6.45, 7) is 6.81. The fourth-order valence-corrected chi connectivity index (χ4v) is 3.47. The molecule has 1 unspecified atom stereocenters. The number of Topliss-reactive ketones (excluding diaryl/α,β-unsaturated/α-hetero) is 1. The third-order valence-electron chi connectivity index (χ3n) is 4.88. The van der Waals surface area contributed by atoms with Crippen LogP contribution < -0.4 is 4.90 Å². The predicted octanol–water partition coefficient (Wildman–Crippen LogP) is 5.29. The topological polar surface area (TPSA) is 40.5 Å². The van der Waals surface area contributed by atoms with E-state index in [0.29, 0.717) is 5.75 Å². The Balaban J connectivity index is 0.000000290. The van der Waals surface area contributed by atoms with Crippen LogP contribution in [0.5, 0.6) is 5.75 Å². The Hall–Kier alpha value is -2.29. The van der Waals surface area contributed by atoms with Crippen LogP contribution in [0.1, 0.15) is 50.7 Å². The molecule has 0 aliphatic carbocycles. The van der Waals surface area contributed by atoms with Crippen LogP contribution in [0, 0.1) is 6.92 Å². The van der Waals surface area contributed by atoms with Crippen LogP contribution in [0.15, 0.2) is 48.5 Å². The van der Waals surface area contributed by atoms with Crippen LogP contribution in [-0.2, 0) is 11.2 Å². The van der Waals surface area contributed by atoms with Crippen LogP contribution in [0.2, 0.25) is 0 Å². The van der Waals surface area contributed by atoms with Crippen molar-refractivity contribution in [3.63, 3.8) is 0 Å². The zero-order valence-corrected chi connectivity index (χ0v) is 16.2. The number of phenolic OH excluding ortho intramolecular Hbond substituents is 1. The van der Waals surface area contributed by atoms with Crippen molar-refractivity contribution in [2.75, 3.05) is 11.4 Å². The number of rotatable bonds is 5. The van der Waals surface area contributed by atoms with Gasteiger partial charge in [0.25, 0.3) is 0 Å². The van der Waals surface area contributed by atoms with Crippen LogP contribution in [0.4, 0.5) is 5.69 Å². The summed E-state index contributed by atoms with van der Waals surface area (Å²) in [5.41, 5.74) is 3.36. The SMILES string of the molecule is CCCCC(C(C)=O)N1CCCc2c(O)cccc21.Cc1ccccc1. The number of carbonyl (C=O) groups is 1. The third kappa shape index (κ3) is 5.35. The second-order valence-electron chi connectivity index (χ2n) is 7.00. The molecule has 0 saturated heterocycles. The standard InChI is InChI=1S/C16H23NO2.C7H8/c1-3-4-8-14(12(2)18)17-11-6-7-13-15(17)9-5-10-16(13)19;1-7-5-3-2-4-6-7/h5,9-10,14,19H,3-4,6-8,11H2,1-2H3;2-6H,1H3. The van der Waals surface area contributed by atoms with Gasteiger partial charge < -0.3 is 10.0 Å². The van der Waals surface area contributed by atoms with Crippen LogP contribution in [-0.4, -0.2) is 23.5 Å². The highest BCUT2D eigenvalue weighted by atomic mass is 16.3. The van der Waals surface area contributed by atoms with Gasteiger partial charge in [-0.1, -0.05) is 61.7 Å². The van der Waals surface area contributed by atoms with Gasteiger partial charge in [0, 0.05) is 17.8 Å². The molecule has 1 heterocycles. The monoisotopic (exact) mass is 353 g/mol. The van der Waals surface area contributed by atoms with Crippen molar-refractivity contribution in [1.82, 2.24) is 0 Å². The van der Waals surface area contributed by atoms with Gasteiger partial charge in [0.2, 0.25) is 0 Å². The van der Waals surface area contributed by atoms with Gasteiger partial charge in [-0.2, -0.15) is 0 Å². The van der Waals surface area contributed by atoms with Crippen molar-refractivity contribution in [3.05, 3.63) is 59.7 Å². The molecule has 140 valence electrons. The number of unbranched alkanes of at least 4 members (excludes halogenated alkanes) is 1. The van der Waals surface area contributed by atoms with E-state index in [1.165, 1.54) is 5.56 Å². The molecule has 0 spiro atoms. The van der Waals surface area contributed by atoms with Crippen LogP contribution >= 0.6 is 0 Å². The lowest BCUT2D eigenvalue weighted by Crippen LogP contribution is -2.43. The number of benzene rings is 2. The van der Waals surface area contributed by atoms with E-state index in [9.17, 15) is 9.90 Å². The first-order valence-corrected chi connectivity index (χ1v) is 9.64. The molecule has 3 rings (SSSR count). The number of ketones is 1. The summed E-state index contributed by atoms with van der Waals surface area (Å²) in [7, 11) is 0. The number of aromatic hydroxyl groups is 1. The lowest BCUT2D eigenvalue weighted by Gasteiger charge is -2.37. The molecule has 3 heteroatoms. The Labute approximate surface area is 157 Å². The number of fused-ring (bicyclic) bond motifs is 1. The van der Waals surface area contributed by atoms with Crippen molar-refractivity contribution < 1.29 is 9.90 Å². The Morgan fingerprint density at radius 1 is 1.15 bits per heavy atom. The van der Waals surface area contributed by atoms with Gasteiger partial charge in [0.1, 0.15) is 5.75 Å². The van der Waals surface area contributed by atoms with Gasteiger partial charge in [-0.25, -0.2) is 0 Å². The molecule has 1 aliphatic heterocycles. The first-order valence-electron chi connectivity index (χ1n) is 9.64. The molecule has 0 fully saturated rings. The van der Waals surface area contributed by atoms with Gasteiger partial charge >= 0.3 is 0 Å². The summed E-state index contributed by atoms with van der Waals surface area (Å²) in [5.74, 6) is 0.588. The molecule has 1 N–H and O–H groups in total. The molecule has 0 radical (unpaired) electrons. The van der Waals surface area contributed by atoms with E-state index in [4.69, 9.17) is 0 Å². The van der Waals surface area contributed by atoms with Gasteiger partial charge in [-0.05, 0) is 45.2 Å². The molecule has 0 saturated carbocycles. The fraction of sp³-hybridized carbons (Fsp3) is 0.435. The summed E-state index contributed by atoms with van der Waals surface area (Å²) in [4.78, 5) is 14.1. The van der Waals surface area contributed by atoms with Gasteiger partial charge in [0.15, 0.2) is 5.78 Å². The fourth-order valence-electron chi connectivity index (χ4n) is 3.47. The van der Waals surface area contributed by atoms with E-state index in [1.807, 2.05) is 30.3 Å². The Morgan fingerprint density at radius 2 is 1.88 bits per heavy atom. The number of anilines is 1. The first kappa shape index (κ1) is 20.0. The van der Waals surface area contributed by atoms with Crippen LogP contribution in [0.3, 0.4) is 0 Å². The van der Waals surface area contributed by atoms with E-state index in [2.05, 4.69) is 30.9 Å². The number of aryl methyl sites for hydroxylation is 1. The molecule has 2 aromatic carbocycles. The zero-order valence-electron chi connectivity index (χ0n) is 16.2. The molecule has 1 aliphatic rings. The maximum absolute atomic E-state index is 11.9. The highest BCUT2D eigenvalue weighted by Gasteiger charge is 2.27. The quantitative estimate of drug-likeness (QED) is 0.794. The van der Waals surface area contributed by atoms with E-state index in [-0.39, 0.29) is 11.8 Å². The van der Waals surface area contributed by atoms with Gasteiger partial charge in [-0.15, -0.1) is 0 Å². The largest absolute Gasteiger partial charge is 0.508 e. The molecular formula is C23H31NO2. The lowest BCUT2D eigenvalue weighted by atomic mass is 9.96. The summed E-state index contributed by atoms with van der Waals surface area (Å²) >= 11 is 0. The highest BCUT2D eigenvalue weighted by Crippen LogP contribution is 2.35. The lowest BCUT2D eigenvalue weighted by molar-refractivity contribution is -0.118. The summed E-state index contributed by atoms with van der Waals surface area (Å²) in [5, 5.41) is 9.96. The van der Waals surface area contributed by atoms with E-state index >= 15 is 0 Å². The highest BCUT2D eigenvalue weighted by molar-refractivity contribution is 5.85. The predicted molar refractivity (Wildman–Crippen MR) is 109 cm³/mol. The second-order valence-corrected chi connectivity index (χ2v) is 7.00. The number of phenols is 1. The normalized spacial score (nSPS) is 14.0. The molecule has 3 nitrogen and oxygen atoms in total. The summed E-state index contributed by atoms with van der Waals surface area (Å²) in [6.07, 6.45) is 4.97. The summed E-state index contributed by atoms with van der Waals surface area (Å²) < 4.78 is 0. The average molecular weight is 354 g/mol. The molecule has 0 aromatic heterocycles. The van der Waals surface area contributed by atoms with E-state index in [1.54, 1.807) is 13.0 Å². The maximum atomic E-state index is 11.9. The maximum Gasteiger partial charge on any atom is 0.152 e. The number of hydrogen-bond acceptors (Lipinski definition) is 3. The zero-order chi connectivity index (χ0) is 18.9. The summed E-state index contributed by atoms with van der Waals surface area (Å²) in [6, 6.07) is 15.8. The first-order chi connectivity index (χ1) is 12.5. The second kappa shape index (κ2) is 10.0. The molecule has 1 atom stereocenters. The van der Waals surface area contributed by atoms with Crippen molar-refractivity contribution in [1.29, 1.82) is 0 Å². The Morgan fingerprint density at radius 3 is 2.46 bits per heavy atom. The smallest absolute Gasteiger partial charge is 0.152 e. The van der Waals surface area contributed by atoms with E-state index < -0.39 is 0 Å². The van der Waals surface area contributed by atoms with Crippen LogP contribution in [0.25, 0.3) is 0 Å². The molecule has 2 aromatic rings. The van der Waals surface area contributed by atoms with Crippen molar-refractivity contribution in [2.45, 2.75) is 58.9 Å². The van der Waals surface area contributed by atoms with Crippen molar-refractivity contribution in [2.24, 2.45) is 0 Å². The minimum atomic E-state index is -0.0409. The number of hydrogen-bond donors (Lipinski definition) is 1. The Bertz CT molecular complexity index is 697. The van der Waals surface area contributed by atoms with Crippen molar-refractivity contribution in [3.8, 4) is 5.75 Å². The minimum absolute atomic E-state index is 0.0409. The number of nitrogens with zero attached hydrogens (tertiary/aromatic N) is 1. The third-order valence-corrected chi connectivity index (χ3v) is 4.88. The van der Waals surface area contributed by atoms with E-state index in [0.717, 1.165) is 49.9 Å².